The topological polar surface area (TPSA) is 63.0 Å². The van der Waals surface area contributed by atoms with Crippen molar-refractivity contribution in [2.24, 2.45) is 0 Å². The average molecular weight is 168 g/mol. The van der Waals surface area contributed by atoms with Gasteiger partial charge in [-0.2, -0.15) is 0 Å². The molecule has 0 heterocycles. The van der Waals surface area contributed by atoms with E-state index in [2.05, 4.69) is 0 Å². The zero-order valence-electron chi connectivity index (χ0n) is 1.00. The van der Waals surface area contributed by atoms with Gasteiger partial charge >= 0.3 is 83.2 Å². The van der Waals surface area contributed by atoms with Crippen LogP contribution in [0.2, 0.25) is 0 Å². The fourth-order valence-electron chi connectivity index (χ4n) is 0. The molecule has 0 spiro atoms. The number of hydrogen-bond acceptors (Lipinski definition) is 0. The van der Waals surface area contributed by atoms with E-state index in [0.29, 0.717) is 0 Å². The van der Waals surface area contributed by atoms with Crippen LogP contribution < -0.4 is 0 Å². The van der Waals surface area contributed by atoms with Crippen LogP contribution in [-0.4, -0.2) is 94.2 Å². The first kappa shape index (κ1) is 30.2. The van der Waals surface area contributed by atoms with Crippen molar-refractivity contribution < 1.29 is 11.0 Å². The predicted octanol–water partition coefficient (Wildman–Crippen LogP) is -3.48. The molecule has 0 atom stereocenters. The Bertz CT molecular complexity index is 6.00. The van der Waals surface area contributed by atoms with Gasteiger partial charge in [-0.1, -0.05) is 0 Å². The molecule has 0 aliphatic carbocycles. The standard InChI is InChI=1S/Ca.2H2O.Sr.4H/h;2*1H2;;;;;. The SMILES string of the molecule is O.O.[CaH2].[SrH2]. The first-order chi connectivity index (χ1) is 0. The maximum absolute atomic E-state index is 0. The number of hydrogen-bond donors (Lipinski definition) is 0. The van der Waals surface area contributed by atoms with Crippen molar-refractivity contribution in [3.63, 3.8) is 0 Å². The van der Waals surface area contributed by atoms with Crippen LogP contribution in [0.1, 0.15) is 0 Å². The summed E-state index contributed by atoms with van der Waals surface area (Å²) in [5.41, 5.74) is 0. The van der Waals surface area contributed by atoms with Gasteiger partial charge in [0.15, 0.2) is 0 Å². The summed E-state index contributed by atoms with van der Waals surface area (Å²) < 4.78 is 0. The van der Waals surface area contributed by atoms with Gasteiger partial charge in [-0.25, -0.2) is 0 Å². The first-order valence-corrected chi connectivity index (χ1v) is 0. The fourth-order valence-corrected chi connectivity index (χ4v) is 0. The summed E-state index contributed by atoms with van der Waals surface area (Å²) in [6, 6.07) is 0. The van der Waals surface area contributed by atoms with Crippen LogP contribution in [0.5, 0.6) is 0 Å². The van der Waals surface area contributed by atoms with E-state index in [4.69, 9.17) is 0 Å². The molecule has 0 aromatic heterocycles. The van der Waals surface area contributed by atoms with E-state index >= 15 is 0 Å². The molecule has 0 aromatic rings. The molecular weight excluding hydrogens is 160 g/mol. The van der Waals surface area contributed by atoms with E-state index in [1.807, 2.05) is 0 Å². The fraction of sp³-hybridized carbons (Fsp3) is 0. The summed E-state index contributed by atoms with van der Waals surface area (Å²) >= 11 is 0. The quantitative estimate of drug-likeness (QED) is 0.337. The van der Waals surface area contributed by atoms with E-state index in [1.165, 1.54) is 0 Å². The second-order valence-corrected chi connectivity index (χ2v) is 0. The van der Waals surface area contributed by atoms with Gasteiger partial charge < -0.3 is 11.0 Å². The van der Waals surface area contributed by atoms with Crippen LogP contribution in [0.4, 0.5) is 0 Å². The molecule has 4 N–H and O–H groups in total. The van der Waals surface area contributed by atoms with Gasteiger partial charge in [0.05, 0.1) is 0 Å². The molecule has 0 aliphatic rings. The van der Waals surface area contributed by atoms with Crippen LogP contribution in [-0.2, 0) is 0 Å². The van der Waals surface area contributed by atoms with Crippen LogP contribution in [0, 0.1) is 0 Å². The number of rotatable bonds is 0. The molecular formula is H8CaO2Sr. The third kappa shape index (κ3) is 8.82. The van der Waals surface area contributed by atoms with E-state index in [9.17, 15) is 0 Å². The van der Waals surface area contributed by atoms with Crippen LogP contribution >= 0.6 is 0 Å². The Morgan fingerprint density at radius 1 is 0.750 bits per heavy atom. The molecule has 0 bridgehead atoms. The molecule has 0 radical (unpaired) electrons. The summed E-state index contributed by atoms with van der Waals surface area (Å²) in [4.78, 5) is 0. The van der Waals surface area contributed by atoms with E-state index in [-0.39, 0.29) is 94.2 Å². The van der Waals surface area contributed by atoms with Crippen molar-refractivity contribution in [1.29, 1.82) is 0 Å². The minimum atomic E-state index is 0. The average Bonchev–Trinajstić information content (AvgIpc) is 0. The summed E-state index contributed by atoms with van der Waals surface area (Å²) in [6.07, 6.45) is 0. The van der Waals surface area contributed by atoms with Crippen LogP contribution in [0.25, 0.3) is 0 Å². The first-order valence-electron chi connectivity index (χ1n) is 0. The van der Waals surface area contributed by atoms with Gasteiger partial charge in [-0.15, -0.1) is 0 Å². The Labute approximate surface area is 91.8 Å². The van der Waals surface area contributed by atoms with Crippen molar-refractivity contribution in [2.45, 2.75) is 0 Å². The Kier molecular flexibility index (Phi) is 131. The summed E-state index contributed by atoms with van der Waals surface area (Å²) in [6.45, 7) is 0. The van der Waals surface area contributed by atoms with Gasteiger partial charge in [-0.05, 0) is 0 Å². The van der Waals surface area contributed by atoms with E-state index < -0.39 is 0 Å². The molecule has 0 aromatic carbocycles. The molecule has 2 nitrogen and oxygen atoms in total. The Morgan fingerprint density at radius 2 is 0.750 bits per heavy atom. The van der Waals surface area contributed by atoms with Crippen molar-refractivity contribution >= 4 is 83.2 Å². The van der Waals surface area contributed by atoms with Gasteiger partial charge in [0.25, 0.3) is 0 Å². The molecule has 0 aliphatic heterocycles. The Balaban J connectivity index is 0. The van der Waals surface area contributed by atoms with Crippen molar-refractivity contribution in [1.82, 2.24) is 0 Å². The molecule has 0 fully saturated rings. The second-order valence-electron chi connectivity index (χ2n) is 0. The monoisotopic (exact) mass is 168 g/mol. The predicted molar refractivity (Wildman–Crippen MR) is 24.3 cm³/mol. The molecule has 4 heteroatoms. The molecule has 0 rings (SSSR count). The molecule has 0 amide bonds. The van der Waals surface area contributed by atoms with Gasteiger partial charge in [0, 0.05) is 0 Å². The van der Waals surface area contributed by atoms with Gasteiger partial charge in [0.1, 0.15) is 0 Å². The molecule has 0 unspecified atom stereocenters. The molecule has 0 saturated heterocycles. The molecule has 4 heavy (non-hydrogen) atoms. The zero-order chi connectivity index (χ0) is 0. The molecule has 24 valence electrons. The van der Waals surface area contributed by atoms with Crippen LogP contribution in [0.3, 0.4) is 0 Å². The summed E-state index contributed by atoms with van der Waals surface area (Å²) in [5.74, 6) is 0. The minimum absolute atomic E-state index is 0. The molecule has 0 saturated carbocycles. The van der Waals surface area contributed by atoms with Gasteiger partial charge in [-0.3, -0.25) is 0 Å². The normalized spacial score (nSPS) is 0. The Hall–Kier alpha value is 2.66. The third-order valence-electron chi connectivity index (χ3n) is 0. The zero-order valence-corrected chi connectivity index (χ0v) is 1.00. The van der Waals surface area contributed by atoms with Crippen molar-refractivity contribution in [3.05, 3.63) is 0 Å². The van der Waals surface area contributed by atoms with E-state index in [1.54, 1.807) is 0 Å². The second kappa shape index (κ2) is 17.4. The Morgan fingerprint density at radius 3 is 0.750 bits per heavy atom. The summed E-state index contributed by atoms with van der Waals surface area (Å²) in [5, 5.41) is 0. The van der Waals surface area contributed by atoms with Crippen molar-refractivity contribution in [3.8, 4) is 0 Å². The third-order valence-corrected chi connectivity index (χ3v) is 0. The van der Waals surface area contributed by atoms with E-state index in [0.717, 1.165) is 0 Å². The van der Waals surface area contributed by atoms with Crippen LogP contribution in [0.15, 0.2) is 0 Å². The maximum atomic E-state index is 0. The summed E-state index contributed by atoms with van der Waals surface area (Å²) in [7, 11) is 0. The van der Waals surface area contributed by atoms with Gasteiger partial charge in [0.2, 0.25) is 0 Å². The van der Waals surface area contributed by atoms with Crippen molar-refractivity contribution in [2.75, 3.05) is 0 Å².